The fourth-order valence-corrected chi connectivity index (χ4v) is 5.62. The SMILES string of the molecule is Cc1ccc(C(=O)N(CCCN(C)C)C(c2nc3snc(C)c3c(=O)n2Cc2ccccc2)C(C)C)cc1F.[Cl-].[H+]. The highest BCUT2D eigenvalue weighted by molar-refractivity contribution is 7.12. The molecule has 0 N–H and O–H groups in total. The number of carbonyl (C=O) groups is 1. The average molecular weight is 586 g/mol. The zero-order chi connectivity index (χ0) is 28.3. The molecule has 0 aliphatic carbocycles. The Labute approximate surface area is 246 Å². The normalized spacial score (nSPS) is 12.1. The maximum absolute atomic E-state index is 14.5. The van der Waals surface area contributed by atoms with E-state index in [1.165, 1.54) is 17.6 Å². The van der Waals surface area contributed by atoms with E-state index in [0.717, 1.165) is 12.1 Å². The highest BCUT2D eigenvalue weighted by Gasteiger charge is 2.33. The van der Waals surface area contributed by atoms with Crippen LogP contribution >= 0.6 is 11.5 Å². The van der Waals surface area contributed by atoms with Crippen LogP contribution in [-0.2, 0) is 6.54 Å². The Hall–Kier alpha value is -3.14. The van der Waals surface area contributed by atoms with E-state index in [2.05, 4.69) is 9.27 Å². The van der Waals surface area contributed by atoms with Crippen LogP contribution in [-0.4, -0.2) is 56.8 Å². The van der Waals surface area contributed by atoms with Gasteiger partial charge in [0.25, 0.3) is 11.5 Å². The summed E-state index contributed by atoms with van der Waals surface area (Å²) in [5.41, 5.74) is 2.20. The Morgan fingerprint density at radius 3 is 2.42 bits per heavy atom. The summed E-state index contributed by atoms with van der Waals surface area (Å²) in [7, 11) is 3.97. The van der Waals surface area contributed by atoms with Crippen LogP contribution in [0.3, 0.4) is 0 Å². The van der Waals surface area contributed by atoms with Crippen LogP contribution in [0.2, 0.25) is 0 Å². The van der Waals surface area contributed by atoms with E-state index >= 15 is 0 Å². The van der Waals surface area contributed by atoms with Crippen LogP contribution < -0.4 is 18.0 Å². The van der Waals surface area contributed by atoms with Gasteiger partial charge >= 0.3 is 1.43 Å². The first-order valence-electron chi connectivity index (χ1n) is 13.2. The molecule has 0 radical (unpaired) electrons. The zero-order valence-electron chi connectivity index (χ0n) is 24.8. The fourth-order valence-electron chi connectivity index (χ4n) is 4.84. The number of hydrogen-bond donors (Lipinski definition) is 0. The molecule has 0 spiro atoms. The smallest absolute Gasteiger partial charge is 1.00 e. The van der Waals surface area contributed by atoms with Gasteiger partial charge in [0.2, 0.25) is 0 Å². The number of carbonyl (C=O) groups excluding carboxylic acids is 1. The van der Waals surface area contributed by atoms with Crippen molar-refractivity contribution in [1.29, 1.82) is 0 Å². The molecule has 0 bridgehead atoms. The Morgan fingerprint density at radius 2 is 1.80 bits per heavy atom. The minimum absolute atomic E-state index is 0. The first-order valence-corrected chi connectivity index (χ1v) is 14.0. The fraction of sp³-hybridized carbons (Fsp3) is 0.400. The summed E-state index contributed by atoms with van der Waals surface area (Å²) >= 11 is 1.19. The van der Waals surface area contributed by atoms with Gasteiger partial charge in [-0.15, -0.1) is 0 Å². The molecule has 1 atom stereocenters. The third-order valence-corrected chi connectivity index (χ3v) is 7.73. The maximum atomic E-state index is 14.5. The quantitative estimate of drug-likeness (QED) is 0.286. The number of aryl methyl sites for hydroxylation is 2. The maximum Gasteiger partial charge on any atom is 1.00 e. The van der Waals surface area contributed by atoms with Gasteiger partial charge in [-0.25, -0.2) is 9.37 Å². The van der Waals surface area contributed by atoms with Gasteiger partial charge in [-0.3, -0.25) is 14.2 Å². The molecule has 2 aromatic heterocycles. The van der Waals surface area contributed by atoms with Crippen LogP contribution in [0.4, 0.5) is 4.39 Å². The van der Waals surface area contributed by atoms with Crippen molar-refractivity contribution in [2.24, 2.45) is 5.92 Å². The summed E-state index contributed by atoms with van der Waals surface area (Å²) in [5.74, 6) is -0.270. The topological polar surface area (TPSA) is 71.3 Å². The molecule has 7 nitrogen and oxygen atoms in total. The largest absolute Gasteiger partial charge is 1.00 e. The van der Waals surface area contributed by atoms with Crippen molar-refractivity contribution in [1.82, 2.24) is 23.7 Å². The molecule has 1 amide bonds. The molecule has 0 aliphatic heterocycles. The number of benzene rings is 2. The monoisotopic (exact) mass is 585 g/mol. The lowest BCUT2D eigenvalue weighted by atomic mass is 9.98. The van der Waals surface area contributed by atoms with E-state index in [1.807, 2.05) is 65.2 Å². The predicted octanol–water partition coefficient (Wildman–Crippen LogP) is 2.56. The summed E-state index contributed by atoms with van der Waals surface area (Å²) < 4.78 is 20.6. The summed E-state index contributed by atoms with van der Waals surface area (Å²) in [6.45, 7) is 9.05. The molecular weight excluding hydrogens is 549 g/mol. The van der Waals surface area contributed by atoms with Crippen LogP contribution in [0.1, 0.15) is 60.7 Å². The van der Waals surface area contributed by atoms with Crippen molar-refractivity contribution in [2.45, 2.75) is 46.7 Å². The minimum Gasteiger partial charge on any atom is -1.00 e. The molecule has 4 aromatic rings. The third kappa shape index (κ3) is 6.77. The van der Waals surface area contributed by atoms with Gasteiger partial charge in [0.05, 0.1) is 23.7 Å². The molecule has 40 heavy (non-hydrogen) atoms. The second-order valence-electron chi connectivity index (χ2n) is 10.6. The van der Waals surface area contributed by atoms with E-state index in [9.17, 15) is 14.0 Å². The Balaban J connectivity index is 0.00000294. The van der Waals surface area contributed by atoms with Crippen molar-refractivity contribution in [3.05, 3.63) is 92.9 Å². The van der Waals surface area contributed by atoms with Crippen LogP contribution in [0.5, 0.6) is 0 Å². The molecule has 0 saturated heterocycles. The number of halogens is 2. The summed E-state index contributed by atoms with van der Waals surface area (Å²) in [4.78, 5) is 37.4. The van der Waals surface area contributed by atoms with E-state index in [-0.39, 0.29) is 36.8 Å². The van der Waals surface area contributed by atoms with Gasteiger partial charge in [0.15, 0.2) is 4.83 Å². The highest BCUT2D eigenvalue weighted by atomic mass is 35.5. The highest BCUT2D eigenvalue weighted by Crippen LogP contribution is 2.31. The lowest BCUT2D eigenvalue weighted by Crippen LogP contribution is -3.00. The van der Waals surface area contributed by atoms with Crippen LogP contribution in [0.15, 0.2) is 53.3 Å². The first-order chi connectivity index (χ1) is 18.6. The Morgan fingerprint density at radius 1 is 1.10 bits per heavy atom. The van der Waals surface area contributed by atoms with Crippen LogP contribution in [0, 0.1) is 25.6 Å². The van der Waals surface area contributed by atoms with Gasteiger partial charge in [-0.1, -0.05) is 50.2 Å². The molecular formula is C30H37ClFN5O2S. The van der Waals surface area contributed by atoms with Gasteiger partial charge in [-0.05, 0) is 81.6 Å². The number of rotatable bonds is 10. The number of aromatic nitrogens is 3. The first kappa shape index (κ1) is 31.4. The van der Waals surface area contributed by atoms with E-state index < -0.39 is 11.9 Å². The predicted molar refractivity (Wildman–Crippen MR) is 156 cm³/mol. The second-order valence-corrected chi connectivity index (χ2v) is 11.4. The molecule has 0 aliphatic rings. The van der Waals surface area contributed by atoms with E-state index in [1.54, 1.807) is 28.5 Å². The lowest BCUT2D eigenvalue weighted by molar-refractivity contribution is -0.0000193. The number of hydrogen-bond acceptors (Lipinski definition) is 6. The number of fused-ring (bicyclic) bond motifs is 1. The molecule has 214 valence electrons. The molecule has 0 saturated carbocycles. The average Bonchev–Trinajstić information content (AvgIpc) is 3.27. The van der Waals surface area contributed by atoms with E-state index in [4.69, 9.17) is 4.98 Å². The summed E-state index contributed by atoms with van der Waals surface area (Å²) in [5, 5.41) is 0.508. The molecule has 0 fully saturated rings. The van der Waals surface area contributed by atoms with Gasteiger partial charge in [-0.2, -0.15) is 4.37 Å². The van der Waals surface area contributed by atoms with Crippen LogP contribution in [0.25, 0.3) is 10.2 Å². The molecule has 4 rings (SSSR count). The van der Waals surface area contributed by atoms with Crippen molar-refractivity contribution in [3.8, 4) is 0 Å². The second kappa shape index (κ2) is 13.5. The Bertz CT molecular complexity index is 1530. The minimum atomic E-state index is -0.521. The molecule has 10 heteroatoms. The van der Waals surface area contributed by atoms with E-state index in [0.29, 0.717) is 46.8 Å². The van der Waals surface area contributed by atoms with Crippen molar-refractivity contribution >= 4 is 27.7 Å². The molecule has 2 heterocycles. The molecule has 2 aromatic carbocycles. The lowest BCUT2D eigenvalue weighted by Gasteiger charge is -2.35. The van der Waals surface area contributed by atoms with Crippen molar-refractivity contribution < 1.29 is 23.0 Å². The third-order valence-electron chi connectivity index (χ3n) is 6.90. The zero-order valence-corrected chi connectivity index (χ0v) is 25.4. The Kier molecular flexibility index (Phi) is 10.6. The van der Waals surface area contributed by atoms with Gasteiger partial charge in [0, 0.05) is 12.1 Å². The standard InChI is InChI=1S/C30H36FN5O2S.ClH/c1-19(2)26(35(16-10-15-34(5)6)29(37)23-14-13-20(3)24(31)17-23)27-32-28-25(21(4)33-39-28)30(38)36(27)18-22-11-8-7-9-12-22;/h7-9,11-14,17,19,26H,10,15-16,18H2,1-6H3;1H. The van der Waals surface area contributed by atoms with Gasteiger partial charge < -0.3 is 22.2 Å². The number of nitrogens with zero attached hydrogens (tertiary/aromatic N) is 5. The van der Waals surface area contributed by atoms with Crippen molar-refractivity contribution in [3.63, 3.8) is 0 Å². The summed E-state index contributed by atoms with van der Waals surface area (Å²) in [6.07, 6.45) is 0.709. The molecule has 1 unspecified atom stereocenters. The van der Waals surface area contributed by atoms with Crippen molar-refractivity contribution in [2.75, 3.05) is 27.2 Å². The number of amides is 1. The van der Waals surface area contributed by atoms with Gasteiger partial charge in [0.1, 0.15) is 11.6 Å². The summed E-state index contributed by atoms with van der Waals surface area (Å²) in [6, 6.07) is 13.8.